The standard InChI is InChI=1S/C26H29N5O2/c1-2-33-24-11-7-6-10-22(24)25(32)31-13-12-23-20(19-31)18-27-26(28-23)30-16-14-29(15-17-30)21-8-4-3-5-9-21/h3-11,18H,2,12-17,19H2,1H3. The molecule has 1 fully saturated rings. The van der Waals surface area contributed by atoms with Gasteiger partial charge in [-0.05, 0) is 31.2 Å². The molecule has 3 aromatic rings. The lowest BCUT2D eigenvalue weighted by molar-refractivity contribution is 0.0729. The molecule has 1 saturated heterocycles. The number of hydrogen-bond acceptors (Lipinski definition) is 6. The van der Waals surface area contributed by atoms with Crippen LogP contribution in [-0.2, 0) is 13.0 Å². The number of fused-ring (bicyclic) bond motifs is 1. The largest absolute Gasteiger partial charge is 0.493 e. The molecule has 5 rings (SSSR count). The molecule has 7 nitrogen and oxygen atoms in total. The van der Waals surface area contributed by atoms with E-state index in [-0.39, 0.29) is 5.91 Å². The SMILES string of the molecule is CCOc1ccccc1C(=O)N1CCc2nc(N3CCN(c4ccccc4)CC3)ncc2C1. The van der Waals surface area contributed by atoms with E-state index in [1.807, 2.05) is 48.4 Å². The van der Waals surface area contributed by atoms with Crippen LogP contribution in [-0.4, -0.2) is 60.1 Å². The van der Waals surface area contributed by atoms with Gasteiger partial charge in [0, 0.05) is 63.1 Å². The van der Waals surface area contributed by atoms with Crippen molar-refractivity contribution in [1.29, 1.82) is 0 Å². The van der Waals surface area contributed by atoms with E-state index < -0.39 is 0 Å². The zero-order valence-corrected chi connectivity index (χ0v) is 19.0. The van der Waals surface area contributed by atoms with Gasteiger partial charge in [0.1, 0.15) is 5.75 Å². The average molecular weight is 444 g/mol. The molecule has 33 heavy (non-hydrogen) atoms. The fourth-order valence-corrected chi connectivity index (χ4v) is 4.53. The quantitative estimate of drug-likeness (QED) is 0.602. The smallest absolute Gasteiger partial charge is 0.257 e. The lowest BCUT2D eigenvalue weighted by Gasteiger charge is -2.36. The summed E-state index contributed by atoms with van der Waals surface area (Å²) in [6, 6.07) is 18.0. The molecule has 0 N–H and O–H groups in total. The highest BCUT2D eigenvalue weighted by Gasteiger charge is 2.26. The van der Waals surface area contributed by atoms with Gasteiger partial charge in [-0.1, -0.05) is 30.3 Å². The number of para-hydroxylation sites is 2. The maximum Gasteiger partial charge on any atom is 0.257 e. The highest BCUT2D eigenvalue weighted by atomic mass is 16.5. The van der Waals surface area contributed by atoms with Gasteiger partial charge in [-0.3, -0.25) is 4.79 Å². The maximum absolute atomic E-state index is 13.2. The highest BCUT2D eigenvalue weighted by Crippen LogP contribution is 2.25. The summed E-state index contributed by atoms with van der Waals surface area (Å²) in [5.41, 5.74) is 3.94. The minimum absolute atomic E-state index is 0.00851. The van der Waals surface area contributed by atoms with Crippen molar-refractivity contribution in [2.75, 3.05) is 49.1 Å². The van der Waals surface area contributed by atoms with Gasteiger partial charge in [0.2, 0.25) is 5.95 Å². The normalized spacial score (nSPS) is 15.8. The van der Waals surface area contributed by atoms with Gasteiger partial charge in [0.25, 0.3) is 5.91 Å². The number of nitrogens with zero attached hydrogens (tertiary/aromatic N) is 5. The summed E-state index contributed by atoms with van der Waals surface area (Å²) < 4.78 is 5.66. The Morgan fingerprint density at radius 2 is 1.67 bits per heavy atom. The molecular weight excluding hydrogens is 414 g/mol. The third-order valence-corrected chi connectivity index (χ3v) is 6.31. The number of piperazine rings is 1. The lowest BCUT2D eigenvalue weighted by atomic mass is 10.1. The highest BCUT2D eigenvalue weighted by molar-refractivity contribution is 5.97. The Hall–Kier alpha value is -3.61. The average Bonchev–Trinajstić information content (AvgIpc) is 2.89. The van der Waals surface area contributed by atoms with Crippen LogP contribution in [0.15, 0.2) is 60.8 Å². The van der Waals surface area contributed by atoms with Crippen molar-refractivity contribution in [3.05, 3.63) is 77.6 Å². The first-order valence-electron chi connectivity index (χ1n) is 11.6. The van der Waals surface area contributed by atoms with Gasteiger partial charge < -0.3 is 19.4 Å². The van der Waals surface area contributed by atoms with E-state index in [1.54, 1.807) is 0 Å². The van der Waals surface area contributed by atoms with Crippen LogP contribution in [0.2, 0.25) is 0 Å². The van der Waals surface area contributed by atoms with Crippen molar-refractivity contribution in [3.63, 3.8) is 0 Å². The second-order valence-electron chi connectivity index (χ2n) is 8.36. The maximum atomic E-state index is 13.2. The number of rotatable bonds is 5. The Morgan fingerprint density at radius 1 is 0.939 bits per heavy atom. The Labute approximate surface area is 194 Å². The molecule has 2 aliphatic rings. The van der Waals surface area contributed by atoms with E-state index in [2.05, 4.69) is 39.0 Å². The minimum Gasteiger partial charge on any atom is -0.493 e. The number of carbonyl (C=O) groups excluding carboxylic acids is 1. The Bertz CT molecular complexity index is 1110. The van der Waals surface area contributed by atoms with E-state index in [1.165, 1.54) is 5.69 Å². The number of benzene rings is 2. The number of aromatic nitrogens is 2. The van der Waals surface area contributed by atoms with Crippen molar-refractivity contribution in [2.24, 2.45) is 0 Å². The molecule has 0 atom stereocenters. The van der Waals surface area contributed by atoms with E-state index in [0.29, 0.717) is 31.0 Å². The third-order valence-electron chi connectivity index (χ3n) is 6.31. The summed E-state index contributed by atoms with van der Waals surface area (Å²) in [7, 11) is 0. The first-order valence-corrected chi connectivity index (χ1v) is 11.6. The molecule has 0 radical (unpaired) electrons. The summed E-state index contributed by atoms with van der Waals surface area (Å²) in [6.07, 6.45) is 2.63. The monoisotopic (exact) mass is 443 g/mol. The van der Waals surface area contributed by atoms with Gasteiger partial charge in [0.05, 0.1) is 17.9 Å². The molecular formula is C26H29N5O2. The Morgan fingerprint density at radius 3 is 2.45 bits per heavy atom. The molecule has 0 unspecified atom stereocenters. The van der Waals surface area contributed by atoms with Crippen LogP contribution in [0.3, 0.4) is 0 Å². The van der Waals surface area contributed by atoms with Gasteiger partial charge in [-0.25, -0.2) is 9.97 Å². The van der Waals surface area contributed by atoms with Crippen LogP contribution >= 0.6 is 0 Å². The second kappa shape index (κ2) is 9.48. The van der Waals surface area contributed by atoms with Crippen molar-refractivity contribution in [1.82, 2.24) is 14.9 Å². The summed E-state index contributed by atoms with van der Waals surface area (Å²) in [5, 5.41) is 0. The molecule has 0 saturated carbocycles. The van der Waals surface area contributed by atoms with E-state index >= 15 is 0 Å². The van der Waals surface area contributed by atoms with Gasteiger partial charge in [-0.2, -0.15) is 0 Å². The summed E-state index contributed by atoms with van der Waals surface area (Å²) in [6.45, 7) is 7.32. The Balaban J connectivity index is 1.25. The molecule has 0 bridgehead atoms. The Kier molecular flexibility index (Phi) is 6.11. The number of ether oxygens (including phenoxy) is 1. The minimum atomic E-state index is -0.00851. The predicted molar refractivity (Wildman–Crippen MR) is 129 cm³/mol. The first-order chi connectivity index (χ1) is 16.2. The van der Waals surface area contributed by atoms with Crippen LogP contribution in [0.5, 0.6) is 5.75 Å². The van der Waals surface area contributed by atoms with Crippen molar-refractivity contribution < 1.29 is 9.53 Å². The number of anilines is 2. The van der Waals surface area contributed by atoms with E-state index in [0.717, 1.165) is 49.8 Å². The number of carbonyl (C=O) groups is 1. The van der Waals surface area contributed by atoms with Crippen molar-refractivity contribution >= 4 is 17.5 Å². The molecule has 1 aromatic heterocycles. The first kappa shape index (κ1) is 21.2. The van der Waals surface area contributed by atoms with Crippen molar-refractivity contribution in [3.8, 4) is 5.75 Å². The van der Waals surface area contributed by atoms with Crippen LogP contribution in [0.4, 0.5) is 11.6 Å². The van der Waals surface area contributed by atoms with Crippen LogP contribution < -0.4 is 14.5 Å². The second-order valence-corrected chi connectivity index (χ2v) is 8.36. The molecule has 2 aliphatic heterocycles. The molecule has 3 heterocycles. The zero-order valence-electron chi connectivity index (χ0n) is 19.0. The summed E-state index contributed by atoms with van der Waals surface area (Å²) >= 11 is 0. The molecule has 0 spiro atoms. The molecule has 7 heteroatoms. The van der Waals surface area contributed by atoms with Crippen LogP contribution in [0.25, 0.3) is 0 Å². The number of hydrogen-bond donors (Lipinski definition) is 0. The summed E-state index contributed by atoms with van der Waals surface area (Å²) in [5.74, 6) is 1.42. The number of amides is 1. The predicted octanol–water partition coefficient (Wildman–Crippen LogP) is 3.40. The van der Waals surface area contributed by atoms with Gasteiger partial charge in [-0.15, -0.1) is 0 Å². The molecule has 2 aromatic carbocycles. The van der Waals surface area contributed by atoms with Crippen molar-refractivity contribution in [2.45, 2.75) is 19.9 Å². The van der Waals surface area contributed by atoms with E-state index in [4.69, 9.17) is 9.72 Å². The van der Waals surface area contributed by atoms with Gasteiger partial charge in [0.15, 0.2) is 0 Å². The van der Waals surface area contributed by atoms with Gasteiger partial charge >= 0.3 is 0 Å². The lowest BCUT2D eigenvalue weighted by Crippen LogP contribution is -2.47. The zero-order chi connectivity index (χ0) is 22.6. The topological polar surface area (TPSA) is 61.8 Å². The third kappa shape index (κ3) is 4.49. The fourth-order valence-electron chi connectivity index (χ4n) is 4.53. The molecule has 1 amide bonds. The van der Waals surface area contributed by atoms with Crippen LogP contribution in [0, 0.1) is 0 Å². The summed E-state index contributed by atoms with van der Waals surface area (Å²) in [4.78, 5) is 29.2. The molecule has 170 valence electrons. The van der Waals surface area contributed by atoms with E-state index in [9.17, 15) is 4.79 Å². The fraction of sp³-hybridized carbons (Fsp3) is 0.346. The molecule has 0 aliphatic carbocycles. The van der Waals surface area contributed by atoms with Crippen LogP contribution in [0.1, 0.15) is 28.5 Å².